The molecular weight excluding hydrogens is 324 g/mol. The summed E-state index contributed by atoms with van der Waals surface area (Å²) in [6.07, 6.45) is 5.02. The molecule has 0 radical (unpaired) electrons. The number of hydrogen-bond donors (Lipinski definition) is 1. The third-order valence-corrected chi connectivity index (χ3v) is 6.16. The zero-order chi connectivity index (χ0) is 17.9. The van der Waals surface area contributed by atoms with Crippen LogP contribution in [0.1, 0.15) is 31.2 Å². The van der Waals surface area contributed by atoms with E-state index in [-0.39, 0.29) is 6.03 Å². The van der Waals surface area contributed by atoms with Crippen LogP contribution in [-0.2, 0) is 0 Å². The van der Waals surface area contributed by atoms with E-state index < -0.39 is 0 Å². The average Bonchev–Trinajstić information content (AvgIpc) is 3.43. The molecule has 1 atom stereocenters. The minimum Gasteiger partial charge on any atom is -0.369 e. The number of rotatable bonds is 4. The van der Waals surface area contributed by atoms with E-state index in [2.05, 4.69) is 46.3 Å². The van der Waals surface area contributed by atoms with Crippen molar-refractivity contribution in [1.82, 2.24) is 15.1 Å². The van der Waals surface area contributed by atoms with E-state index in [4.69, 9.17) is 0 Å². The molecule has 3 fully saturated rings. The number of likely N-dealkylation sites (tertiary alicyclic amines) is 1. The van der Waals surface area contributed by atoms with E-state index in [0.717, 1.165) is 45.2 Å². The minimum atomic E-state index is 0.126. The molecular formula is C21H32N4O. The van der Waals surface area contributed by atoms with Gasteiger partial charge >= 0.3 is 6.03 Å². The van der Waals surface area contributed by atoms with Crippen LogP contribution in [0.5, 0.6) is 0 Å². The second-order valence-electron chi connectivity index (χ2n) is 8.18. The number of anilines is 1. The van der Waals surface area contributed by atoms with Gasteiger partial charge in [-0.15, -0.1) is 0 Å². The molecule has 1 aliphatic carbocycles. The van der Waals surface area contributed by atoms with Gasteiger partial charge in [0.25, 0.3) is 0 Å². The first-order valence-corrected chi connectivity index (χ1v) is 10.3. The lowest BCUT2D eigenvalue weighted by molar-refractivity contribution is 0.199. The van der Waals surface area contributed by atoms with Crippen molar-refractivity contribution < 1.29 is 4.79 Å². The molecule has 2 saturated heterocycles. The number of aryl methyl sites for hydroxylation is 1. The first kappa shape index (κ1) is 17.7. The summed E-state index contributed by atoms with van der Waals surface area (Å²) in [6.45, 7) is 8.99. The molecule has 1 unspecified atom stereocenters. The van der Waals surface area contributed by atoms with Gasteiger partial charge in [-0.05, 0) is 56.7 Å². The summed E-state index contributed by atoms with van der Waals surface area (Å²) < 4.78 is 0. The largest absolute Gasteiger partial charge is 0.369 e. The number of benzene rings is 1. The lowest BCUT2D eigenvalue weighted by Gasteiger charge is -2.25. The normalized spacial score (nSPS) is 24.6. The van der Waals surface area contributed by atoms with Crippen LogP contribution in [0.25, 0.3) is 0 Å². The number of hydrogen-bond acceptors (Lipinski definition) is 3. The molecule has 0 bridgehead atoms. The highest BCUT2D eigenvalue weighted by molar-refractivity contribution is 5.74. The second-order valence-corrected chi connectivity index (χ2v) is 8.18. The topological polar surface area (TPSA) is 38.8 Å². The monoisotopic (exact) mass is 356 g/mol. The number of amides is 2. The fourth-order valence-electron chi connectivity index (χ4n) is 4.42. The summed E-state index contributed by atoms with van der Waals surface area (Å²) in [5.41, 5.74) is 2.62. The van der Waals surface area contributed by atoms with Crippen LogP contribution in [0, 0.1) is 12.8 Å². The van der Waals surface area contributed by atoms with Crippen molar-refractivity contribution in [2.45, 2.75) is 38.6 Å². The van der Waals surface area contributed by atoms with Gasteiger partial charge in [0, 0.05) is 51.0 Å². The molecule has 5 nitrogen and oxygen atoms in total. The van der Waals surface area contributed by atoms with Gasteiger partial charge in [-0.1, -0.05) is 18.2 Å². The van der Waals surface area contributed by atoms with E-state index in [1.54, 1.807) is 0 Å². The molecule has 0 aromatic heterocycles. The number of nitrogens with zero attached hydrogens (tertiary/aromatic N) is 3. The summed E-state index contributed by atoms with van der Waals surface area (Å²) >= 11 is 0. The molecule has 1 N–H and O–H groups in total. The maximum absolute atomic E-state index is 12.6. The Kier molecular flexibility index (Phi) is 5.34. The van der Waals surface area contributed by atoms with E-state index in [0.29, 0.717) is 5.92 Å². The molecule has 0 spiro atoms. The van der Waals surface area contributed by atoms with Gasteiger partial charge in [-0.3, -0.25) is 0 Å². The average molecular weight is 357 g/mol. The molecule has 2 aliphatic heterocycles. The van der Waals surface area contributed by atoms with Crippen molar-refractivity contribution in [2.75, 3.05) is 50.7 Å². The molecule has 142 valence electrons. The van der Waals surface area contributed by atoms with E-state index in [1.807, 2.05) is 4.90 Å². The third kappa shape index (κ3) is 4.14. The van der Waals surface area contributed by atoms with Crippen molar-refractivity contribution in [3.63, 3.8) is 0 Å². The molecule has 1 aromatic rings. The molecule has 2 heterocycles. The SMILES string of the molecule is Cc1ccccc1N1CCCN(C(=O)NCC2CCN(C3CC3)C2)CC1. The summed E-state index contributed by atoms with van der Waals surface area (Å²) in [6, 6.07) is 9.53. The zero-order valence-corrected chi connectivity index (χ0v) is 16.0. The van der Waals surface area contributed by atoms with Crippen molar-refractivity contribution in [1.29, 1.82) is 0 Å². The highest BCUT2D eigenvalue weighted by Gasteiger charge is 2.34. The number of para-hydroxylation sites is 1. The zero-order valence-electron chi connectivity index (χ0n) is 16.0. The van der Waals surface area contributed by atoms with Gasteiger partial charge in [0.2, 0.25) is 0 Å². The Morgan fingerprint density at radius 3 is 2.73 bits per heavy atom. The van der Waals surface area contributed by atoms with Gasteiger partial charge in [-0.2, -0.15) is 0 Å². The Morgan fingerprint density at radius 1 is 1.08 bits per heavy atom. The van der Waals surface area contributed by atoms with E-state index in [1.165, 1.54) is 43.6 Å². The Balaban J connectivity index is 1.24. The smallest absolute Gasteiger partial charge is 0.317 e. The molecule has 1 saturated carbocycles. The number of carbonyl (C=O) groups is 1. The Labute approximate surface area is 157 Å². The molecule has 4 rings (SSSR count). The maximum Gasteiger partial charge on any atom is 0.317 e. The van der Waals surface area contributed by atoms with Crippen LogP contribution < -0.4 is 10.2 Å². The Hall–Kier alpha value is -1.75. The second kappa shape index (κ2) is 7.87. The highest BCUT2D eigenvalue weighted by Crippen LogP contribution is 2.31. The van der Waals surface area contributed by atoms with E-state index in [9.17, 15) is 4.79 Å². The summed E-state index contributed by atoms with van der Waals surface area (Å²) in [7, 11) is 0. The van der Waals surface area contributed by atoms with Crippen LogP contribution >= 0.6 is 0 Å². The third-order valence-electron chi connectivity index (χ3n) is 6.16. The number of nitrogens with one attached hydrogen (secondary N) is 1. The molecule has 1 aromatic carbocycles. The van der Waals surface area contributed by atoms with Gasteiger partial charge in [0.05, 0.1) is 0 Å². The van der Waals surface area contributed by atoms with Crippen molar-refractivity contribution in [2.24, 2.45) is 5.92 Å². The predicted octanol–water partition coefficient (Wildman–Crippen LogP) is 2.70. The summed E-state index contributed by atoms with van der Waals surface area (Å²) in [5, 5.41) is 3.21. The lowest BCUT2D eigenvalue weighted by atomic mass is 10.1. The maximum atomic E-state index is 12.6. The van der Waals surface area contributed by atoms with Gasteiger partial charge < -0.3 is 20.0 Å². The fourth-order valence-corrected chi connectivity index (χ4v) is 4.42. The molecule has 26 heavy (non-hydrogen) atoms. The first-order chi connectivity index (χ1) is 12.7. The fraction of sp³-hybridized carbons (Fsp3) is 0.667. The van der Waals surface area contributed by atoms with Crippen molar-refractivity contribution >= 4 is 11.7 Å². The Morgan fingerprint density at radius 2 is 1.92 bits per heavy atom. The number of carbonyl (C=O) groups excluding carboxylic acids is 1. The van der Waals surface area contributed by atoms with Gasteiger partial charge in [0.15, 0.2) is 0 Å². The van der Waals surface area contributed by atoms with Gasteiger partial charge in [-0.25, -0.2) is 4.79 Å². The van der Waals surface area contributed by atoms with Crippen LogP contribution in [0.3, 0.4) is 0 Å². The van der Waals surface area contributed by atoms with Crippen LogP contribution in [-0.4, -0.2) is 67.7 Å². The molecule has 3 aliphatic rings. The van der Waals surface area contributed by atoms with Crippen LogP contribution in [0.15, 0.2) is 24.3 Å². The van der Waals surface area contributed by atoms with Crippen LogP contribution in [0.4, 0.5) is 10.5 Å². The minimum absolute atomic E-state index is 0.126. The number of urea groups is 1. The summed E-state index contributed by atoms with van der Waals surface area (Å²) in [5.74, 6) is 0.634. The van der Waals surface area contributed by atoms with Crippen molar-refractivity contribution in [3.8, 4) is 0 Å². The van der Waals surface area contributed by atoms with Crippen LogP contribution in [0.2, 0.25) is 0 Å². The van der Waals surface area contributed by atoms with Gasteiger partial charge in [0.1, 0.15) is 0 Å². The standard InChI is InChI=1S/C21H32N4O/c1-17-5-2-3-6-20(17)23-10-4-11-24(14-13-23)21(26)22-15-18-9-12-25(16-18)19-7-8-19/h2-3,5-6,18-19H,4,7-16H2,1H3,(H,22,26). The molecule has 5 heteroatoms. The first-order valence-electron chi connectivity index (χ1n) is 10.3. The highest BCUT2D eigenvalue weighted by atomic mass is 16.2. The Bertz CT molecular complexity index is 630. The summed E-state index contributed by atoms with van der Waals surface area (Å²) in [4.78, 5) is 19.7. The predicted molar refractivity (Wildman–Crippen MR) is 106 cm³/mol. The quantitative estimate of drug-likeness (QED) is 0.902. The molecule has 2 amide bonds. The lowest BCUT2D eigenvalue weighted by Crippen LogP contribution is -2.44. The van der Waals surface area contributed by atoms with Crippen molar-refractivity contribution in [3.05, 3.63) is 29.8 Å². The van der Waals surface area contributed by atoms with E-state index >= 15 is 0 Å².